The number of hydrogen-bond acceptors (Lipinski definition) is 4. The van der Waals surface area contributed by atoms with E-state index in [1.54, 1.807) is 0 Å². The van der Waals surface area contributed by atoms with Gasteiger partial charge in [0.05, 0.1) is 0 Å². The Hall–Kier alpha value is -0.541. The molecule has 0 aromatic heterocycles. The number of rotatable bonds is 5. The van der Waals surface area contributed by atoms with Gasteiger partial charge in [-0.2, -0.15) is 0 Å². The second-order valence-electron chi connectivity index (χ2n) is 1.95. The van der Waals surface area contributed by atoms with E-state index in [0.29, 0.717) is 12.8 Å². The van der Waals surface area contributed by atoms with Crippen LogP contribution in [0.4, 0.5) is 0 Å². The second-order valence-corrected chi connectivity index (χ2v) is 1.95. The summed E-state index contributed by atoms with van der Waals surface area (Å²) >= 11 is 0. The van der Waals surface area contributed by atoms with Gasteiger partial charge < -0.3 is 19.8 Å². The van der Waals surface area contributed by atoms with E-state index in [4.69, 9.17) is 0 Å². The first-order valence-electron chi connectivity index (χ1n) is 3.02. The molecule has 0 N–H and O–H groups in total. The van der Waals surface area contributed by atoms with Crippen LogP contribution in [-0.2, 0) is 26.7 Å². The summed E-state index contributed by atoms with van der Waals surface area (Å²) in [5.74, 6) is -2.28. The van der Waals surface area contributed by atoms with Crippen molar-refractivity contribution < 1.29 is 36.9 Å². The fraction of sp³-hybridized carbons (Fsp3) is 0.667. The van der Waals surface area contributed by atoms with Crippen molar-refractivity contribution in [1.82, 2.24) is 0 Å². The fourth-order valence-electron chi connectivity index (χ4n) is 0.539. The van der Waals surface area contributed by atoms with Crippen LogP contribution in [0, 0.1) is 0 Å². The Morgan fingerprint density at radius 3 is 1.36 bits per heavy atom. The molecule has 0 bridgehead atoms. The number of hydrogen-bond donors (Lipinski definition) is 0. The maximum atomic E-state index is 9.77. The van der Waals surface area contributed by atoms with E-state index < -0.39 is 11.9 Å². The van der Waals surface area contributed by atoms with Gasteiger partial charge in [0.2, 0.25) is 0 Å². The van der Waals surface area contributed by atoms with Crippen LogP contribution < -0.4 is 10.2 Å². The van der Waals surface area contributed by atoms with Gasteiger partial charge >= 0.3 is 17.1 Å². The van der Waals surface area contributed by atoms with E-state index in [1.165, 1.54) is 0 Å². The van der Waals surface area contributed by atoms with E-state index in [0.717, 1.165) is 0 Å². The Kier molecular flexibility index (Phi) is 8.99. The summed E-state index contributed by atoms with van der Waals surface area (Å²) in [7, 11) is 0. The number of carboxylic acid groups (broad SMARTS) is 2. The van der Waals surface area contributed by atoms with Crippen LogP contribution in [-0.4, -0.2) is 11.9 Å². The zero-order valence-corrected chi connectivity index (χ0v) is 6.92. The van der Waals surface area contributed by atoms with Crippen molar-refractivity contribution in [2.24, 2.45) is 0 Å². The molecule has 0 amide bonds. The van der Waals surface area contributed by atoms with Crippen molar-refractivity contribution in [3.63, 3.8) is 0 Å². The largest absolute Gasteiger partial charge is 2.00 e. The normalized spacial score (nSPS) is 8.36. The first-order chi connectivity index (χ1) is 4.63. The van der Waals surface area contributed by atoms with Crippen LogP contribution in [0.2, 0.25) is 0 Å². The van der Waals surface area contributed by atoms with Gasteiger partial charge in [-0.25, -0.2) is 0 Å². The summed E-state index contributed by atoms with van der Waals surface area (Å²) < 4.78 is 0. The monoisotopic (exact) mass is 200 g/mol. The van der Waals surface area contributed by atoms with Crippen LogP contribution in [0.25, 0.3) is 0 Å². The molecule has 11 heavy (non-hydrogen) atoms. The smallest absolute Gasteiger partial charge is 0.550 e. The molecule has 0 aliphatic heterocycles. The topological polar surface area (TPSA) is 80.3 Å². The predicted octanol–water partition coefficient (Wildman–Crippen LogP) is -1.96. The van der Waals surface area contributed by atoms with E-state index in [-0.39, 0.29) is 29.9 Å². The number of carbonyl (C=O) groups is 2. The number of carboxylic acids is 2. The van der Waals surface area contributed by atoms with E-state index in [9.17, 15) is 19.8 Å². The van der Waals surface area contributed by atoms with Crippen molar-refractivity contribution in [2.45, 2.75) is 25.7 Å². The van der Waals surface area contributed by atoms with E-state index in [2.05, 4.69) is 0 Å². The minimum absolute atomic E-state index is 0. The van der Waals surface area contributed by atoms with Crippen LogP contribution in [0.5, 0.6) is 0 Å². The molecular formula is C6H8FeO4. The quantitative estimate of drug-likeness (QED) is 0.381. The zero-order valence-electron chi connectivity index (χ0n) is 5.81. The molecule has 0 radical (unpaired) electrons. The van der Waals surface area contributed by atoms with Gasteiger partial charge in [-0.15, -0.1) is 0 Å². The third kappa shape index (κ3) is 12.6. The van der Waals surface area contributed by atoms with Crippen LogP contribution in [0.15, 0.2) is 0 Å². The Morgan fingerprint density at radius 2 is 1.18 bits per heavy atom. The molecule has 64 valence electrons. The van der Waals surface area contributed by atoms with E-state index in [1.807, 2.05) is 0 Å². The predicted molar refractivity (Wildman–Crippen MR) is 28.5 cm³/mol. The summed E-state index contributed by atoms with van der Waals surface area (Å²) in [5.41, 5.74) is 0. The van der Waals surface area contributed by atoms with Crippen molar-refractivity contribution in [2.75, 3.05) is 0 Å². The van der Waals surface area contributed by atoms with Crippen molar-refractivity contribution >= 4 is 11.9 Å². The van der Waals surface area contributed by atoms with Gasteiger partial charge in [-0.3, -0.25) is 0 Å². The average molecular weight is 200 g/mol. The SMILES string of the molecule is O=C([O-])CCCCC(=O)[O-].[Fe+2]. The van der Waals surface area contributed by atoms with Crippen LogP contribution in [0.3, 0.4) is 0 Å². The molecule has 0 saturated carbocycles. The molecule has 0 saturated heterocycles. The van der Waals surface area contributed by atoms with Crippen molar-refractivity contribution in [1.29, 1.82) is 0 Å². The molecule has 0 aromatic carbocycles. The van der Waals surface area contributed by atoms with Gasteiger partial charge in [-0.1, -0.05) is 0 Å². The Bertz CT molecular complexity index is 119. The molecule has 0 aliphatic carbocycles. The van der Waals surface area contributed by atoms with E-state index >= 15 is 0 Å². The minimum atomic E-state index is -1.14. The number of carbonyl (C=O) groups excluding carboxylic acids is 2. The molecule has 0 atom stereocenters. The van der Waals surface area contributed by atoms with Crippen LogP contribution in [0.1, 0.15) is 25.7 Å². The first kappa shape index (κ1) is 13.1. The molecule has 0 unspecified atom stereocenters. The van der Waals surface area contributed by atoms with Gasteiger partial charge in [0, 0.05) is 11.9 Å². The third-order valence-electron chi connectivity index (χ3n) is 1.01. The molecule has 0 rings (SSSR count). The maximum Gasteiger partial charge on any atom is 2.00 e. The van der Waals surface area contributed by atoms with Crippen molar-refractivity contribution in [3.8, 4) is 0 Å². The van der Waals surface area contributed by atoms with Gasteiger partial charge in [-0.05, 0) is 25.7 Å². The Labute approximate surface area is 75.1 Å². The molecule has 4 nitrogen and oxygen atoms in total. The summed E-state index contributed by atoms with van der Waals surface area (Å²) in [5, 5.41) is 19.5. The molecule has 0 spiro atoms. The standard InChI is InChI=1S/C6H10O4.Fe/c7-5(8)3-1-2-4-6(9)10;/h1-4H2,(H,7,8)(H,9,10);/q;+2/p-2. The number of unbranched alkanes of at least 4 members (excludes halogenated alkanes) is 1. The molecular weight excluding hydrogens is 192 g/mol. The summed E-state index contributed by atoms with van der Waals surface area (Å²) in [6, 6.07) is 0. The maximum absolute atomic E-state index is 9.77. The van der Waals surface area contributed by atoms with Gasteiger partial charge in [0.1, 0.15) is 0 Å². The Balaban J connectivity index is 0. The van der Waals surface area contributed by atoms with Gasteiger partial charge in [0.15, 0.2) is 0 Å². The average Bonchev–Trinajstić information content (AvgIpc) is 1.79. The molecule has 0 fully saturated rings. The summed E-state index contributed by atoms with van der Waals surface area (Å²) in [6.07, 6.45) is 0.535. The van der Waals surface area contributed by atoms with Gasteiger partial charge in [0.25, 0.3) is 0 Å². The zero-order chi connectivity index (χ0) is 7.98. The molecule has 0 aromatic rings. The number of aliphatic carboxylic acids is 2. The van der Waals surface area contributed by atoms with Crippen LogP contribution >= 0.6 is 0 Å². The first-order valence-corrected chi connectivity index (χ1v) is 3.02. The summed E-state index contributed by atoms with van der Waals surface area (Å²) in [6.45, 7) is 0. The molecule has 5 heteroatoms. The molecule has 0 aliphatic rings. The van der Waals surface area contributed by atoms with Crippen molar-refractivity contribution in [3.05, 3.63) is 0 Å². The minimum Gasteiger partial charge on any atom is -0.550 e. The fourth-order valence-corrected chi connectivity index (χ4v) is 0.539. The third-order valence-corrected chi connectivity index (χ3v) is 1.01. The molecule has 0 heterocycles. The Morgan fingerprint density at radius 1 is 0.909 bits per heavy atom. The second kappa shape index (κ2) is 7.57. The summed E-state index contributed by atoms with van der Waals surface area (Å²) in [4.78, 5) is 19.5.